The first-order chi connectivity index (χ1) is 3.88. The highest BCUT2D eigenvalue weighted by Crippen LogP contribution is 2.49. The van der Waals surface area contributed by atoms with Gasteiger partial charge in [-0.3, -0.25) is 0 Å². The average molecular weight is 175 g/mol. The number of alkyl halides is 1. The van der Waals surface area contributed by atoms with Gasteiger partial charge in [0.1, 0.15) is 0 Å². The van der Waals surface area contributed by atoms with Crippen LogP contribution in [0.2, 0.25) is 0 Å². The average Bonchev–Trinajstić information content (AvgIpc) is 1.80. The topological polar surface area (TPSA) is 0 Å². The zero-order chi connectivity index (χ0) is 5.56. The standard InChI is InChI=1S/C7H11Br/c8-7-4-2-5-1-3-6(5)7/h5-7H,1-4H2/t5-,6-,7?/m0/s1. The van der Waals surface area contributed by atoms with E-state index in [0.29, 0.717) is 0 Å². The molecule has 0 amide bonds. The predicted molar refractivity (Wildman–Crippen MR) is 38.2 cm³/mol. The van der Waals surface area contributed by atoms with E-state index in [1.165, 1.54) is 25.7 Å². The molecule has 0 aromatic carbocycles. The van der Waals surface area contributed by atoms with E-state index in [9.17, 15) is 0 Å². The van der Waals surface area contributed by atoms with Gasteiger partial charge in [-0.2, -0.15) is 0 Å². The molecule has 0 bridgehead atoms. The van der Waals surface area contributed by atoms with Gasteiger partial charge in [0, 0.05) is 4.83 Å². The van der Waals surface area contributed by atoms with Crippen LogP contribution in [-0.2, 0) is 0 Å². The molecule has 8 heavy (non-hydrogen) atoms. The molecular weight excluding hydrogens is 164 g/mol. The number of halogens is 1. The third kappa shape index (κ3) is 0.570. The van der Waals surface area contributed by atoms with Gasteiger partial charge in [-0.15, -0.1) is 0 Å². The third-order valence-electron chi connectivity index (χ3n) is 2.75. The zero-order valence-electron chi connectivity index (χ0n) is 4.94. The van der Waals surface area contributed by atoms with Crippen LogP contribution in [0.5, 0.6) is 0 Å². The molecule has 2 aliphatic rings. The van der Waals surface area contributed by atoms with Crippen molar-refractivity contribution in [2.45, 2.75) is 30.5 Å². The van der Waals surface area contributed by atoms with Gasteiger partial charge in [-0.25, -0.2) is 0 Å². The largest absolute Gasteiger partial charge is 0.0888 e. The van der Waals surface area contributed by atoms with Crippen LogP contribution in [0.3, 0.4) is 0 Å². The highest BCUT2D eigenvalue weighted by Gasteiger charge is 2.40. The van der Waals surface area contributed by atoms with Crippen molar-refractivity contribution < 1.29 is 0 Å². The Hall–Kier alpha value is 0.480. The van der Waals surface area contributed by atoms with E-state index in [1.807, 2.05) is 0 Å². The Morgan fingerprint density at radius 2 is 1.75 bits per heavy atom. The number of hydrogen-bond acceptors (Lipinski definition) is 0. The van der Waals surface area contributed by atoms with Crippen LogP contribution in [0.1, 0.15) is 25.7 Å². The van der Waals surface area contributed by atoms with Crippen molar-refractivity contribution in [1.82, 2.24) is 0 Å². The number of rotatable bonds is 0. The molecule has 2 aliphatic carbocycles. The zero-order valence-corrected chi connectivity index (χ0v) is 6.52. The normalized spacial score (nSPS) is 52.9. The summed E-state index contributed by atoms with van der Waals surface area (Å²) in [6, 6.07) is 0. The van der Waals surface area contributed by atoms with Crippen molar-refractivity contribution in [1.29, 1.82) is 0 Å². The van der Waals surface area contributed by atoms with Crippen LogP contribution in [0.15, 0.2) is 0 Å². The van der Waals surface area contributed by atoms with Crippen molar-refractivity contribution in [2.75, 3.05) is 0 Å². The van der Waals surface area contributed by atoms with Crippen molar-refractivity contribution in [2.24, 2.45) is 11.8 Å². The molecular formula is C7H11Br. The molecule has 2 rings (SSSR count). The fraction of sp³-hybridized carbons (Fsp3) is 1.00. The molecule has 0 aromatic heterocycles. The minimum Gasteiger partial charge on any atom is -0.0888 e. The lowest BCUT2D eigenvalue weighted by Crippen LogP contribution is -2.24. The van der Waals surface area contributed by atoms with Crippen LogP contribution in [-0.4, -0.2) is 4.83 Å². The van der Waals surface area contributed by atoms with Crippen molar-refractivity contribution in [3.05, 3.63) is 0 Å². The highest BCUT2D eigenvalue weighted by atomic mass is 79.9. The summed E-state index contributed by atoms with van der Waals surface area (Å²) in [6.07, 6.45) is 5.96. The second-order valence-electron chi connectivity index (χ2n) is 3.09. The molecule has 0 aliphatic heterocycles. The number of fused-ring (bicyclic) bond motifs is 1. The van der Waals surface area contributed by atoms with Gasteiger partial charge in [0.05, 0.1) is 0 Å². The molecule has 0 nitrogen and oxygen atoms in total. The molecule has 3 atom stereocenters. The minimum atomic E-state index is 0.890. The summed E-state index contributed by atoms with van der Waals surface area (Å²) in [6.45, 7) is 0. The predicted octanol–water partition coefficient (Wildman–Crippen LogP) is 2.57. The molecule has 1 unspecified atom stereocenters. The first-order valence-corrected chi connectivity index (χ1v) is 4.43. The second-order valence-corrected chi connectivity index (χ2v) is 4.27. The van der Waals surface area contributed by atoms with Crippen molar-refractivity contribution in [3.63, 3.8) is 0 Å². The monoisotopic (exact) mass is 174 g/mol. The molecule has 0 spiro atoms. The van der Waals surface area contributed by atoms with Crippen LogP contribution in [0, 0.1) is 11.8 Å². The molecule has 0 radical (unpaired) electrons. The van der Waals surface area contributed by atoms with Gasteiger partial charge in [-0.05, 0) is 37.5 Å². The Kier molecular flexibility index (Phi) is 1.14. The van der Waals surface area contributed by atoms with E-state index >= 15 is 0 Å². The lowest BCUT2D eigenvalue weighted by Gasteiger charge is -2.31. The van der Waals surface area contributed by atoms with E-state index in [4.69, 9.17) is 0 Å². The third-order valence-corrected chi connectivity index (χ3v) is 3.89. The molecule has 0 aromatic rings. The fourth-order valence-corrected chi connectivity index (χ4v) is 2.98. The molecule has 46 valence electrons. The summed E-state index contributed by atoms with van der Waals surface area (Å²) in [5.74, 6) is 2.20. The summed E-state index contributed by atoms with van der Waals surface area (Å²) in [7, 11) is 0. The Labute approximate surface area is 58.8 Å². The maximum absolute atomic E-state index is 3.70. The van der Waals surface area contributed by atoms with Gasteiger partial charge in [-0.1, -0.05) is 15.9 Å². The minimum absolute atomic E-state index is 0.890. The molecule has 0 heterocycles. The summed E-state index contributed by atoms with van der Waals surface area (Å²) in [5.41, 5.74) is 0. The molecule has 1 heteroatoms. The van der Waals surface area contributed by atoms with Crippen LogP contribution >= 0.6 is 15.9 Å². The van der Waals surface area contributed by atoms with E-state index in [2.05, 4.69) is 15.9 Å². The Balaban J connectivity index is 2.05. The van der Waals surface area contributed by atoms with Crippen molar-refractivity contribution in [3.8, 4) is 0 Å². The summed E-state index contributed by atoms with van der Waals surface area (Å²) >= 11 is 3.70. The van der Waals surface area contributed by atoms with Gasteiger partial charge in [0.25, 0.3) is 0 Å². The molecule has 2 saturated carbocycles. The fourth-order valence-electron chi connectivity index (χ4n) is 2.02. The summed E-state index contributed by atoms with van der Waals surface area (Å²) in [4.78, 5) is 0.890. The first kappa shape index (κ1) is 5.28. The Morgan fingerprint density at radius 1 is 1.00 bits per heavy atom. The highest BCUT2D eigenvalue weighted by molar-refractivity contribution is 9.09. The SMILES string of the molecule is BrC1CC[C@@H]2CC[C@H]12. The lowest BCUT2D eigenvalue weighted by atomic mass is 9.76. The van der Waals surface area contributed by atoms with Gasteiger partial charge in [0.15, 0.2) is 0 Å². The maximum atomic E-state index is 3.70. The first-order valence-electron chi connectivity index (χ1n) is 3.52. The smallest absolute Gasteiger partial charge is 0.0176 e. The van der Waals surface area contributed by atoms with E-state index in [-0.39, 0.29) is 0 Å². The summed E-state index contributed by atoms with van der Waals surface area (Å²) < 4.78 is 0. The molecule has 2 fully saturated rings. The maximum Gasteiger partial charge on any atom is 0.0176 e. The molecule has 0 N–H and O–H groups in total. The lowest BCUT2D eigenvalue weighted by molar-refractivity contribution is 0.224. The number of hydrogen-bond donors (Lipinski definition) is 0. The second kappa shape index (κ2) is 1.73. The van der Waals surface area contributed by atoms with Gasteiger partial charge in [0.2, 0.25) is 0 Å². The Bertz CT molecular complexity index is 94.6. The van der Waals surface area contributed by atoms with Gasteiger partial charge >= 0.3 is 0 Å². The van der Waals surface area contributed by atoms with E-state index in [1.54, 1.807) is 0 Å². The summed E-state index contributed by atoms with van der Waals surface area (Å²) in [5, 5.41) is 0. The van der Waals surface area contributed by atoms with Crippen molar-refractivity contribution >= 4 is 15.9 Å². The van der Waals surface area contributed by atoms with Crippen LogP contribution in [0.25, 0.3) is 0 Å². The quantitative estimate of drug-likeness (QED) is 0.496. The molecule has 0 saturated heterocycles. The van der Waals surface area contributed by atoms with Gasteiger partial charge < -0.3 is 0 Å². The van der Waals surface area contributed by atoms with E-state index < -0.39 is 0 Å². The van der Waals surface area contributed by atoms with Crippen LogP contribution < -0.4 is 0 Å². The van der Waals surface area contributed by atoms with Crippen LogP contribution in [0.4, 0.5) is 0 Å². The van der Waals surface area contributed by atoms with E-state index in [0.717, 1.165) is 16.7 Å². The Morgan fingerprint density at radius 3 is 2.00 bits per heavy atom.